The van der Waals surface area contributed by atoms with E-state index in [1.807, 2.05) is 0 Å². The molecular weight excluding hydrogens is 261 g/mol. The van der Waals surface area contributed by atoms with Gasteiger partial charge < -0.3 is 5.73 Å². The molecule has 1 heterocycles. The first-order chi connectivity index (χ1) is 7.63. The SMILES string of the molecule is CN(CC(F)(F)F)S(=O)(=O)c1cnc(N)nc1. The summed E-state index contributed by atoms with van der Waals surface area (Å²) >= 11 is 0. The molecule has 2 N–H and O–H groups in total. The minimum atomic E-state index is -4.61. The second kappa shape index (κ2) is 4.45. The highest BCUT2D eigenvalue weighted by Gasteiger charge is 2.35. The summed E-state index contributed by atoms with van der Waals surface area (Å²) in [6.45, 7) is -1.58. The van der Waals surface area contributed by atoms with E-state index in [0.29, 0.717) is 0 Å². The average Bonchev–Trinajstić information content (AvgIpc) is 2.15. The second-order valence-electron chi connectivity index (χ2n) is 3.15. The largest absolute Gasteiger partial charge is 0.402 e. The third kappa shape index (κ3) is 3.53. The normalized spacial score (nSPS) is 13.0. The highest BCUT2D eigenvalue weighted by Crippen LogP contribution is 2.20. The molecule has 0 aliphatic heterocycles. The van der Waals surface area contributed by atoms with Crippen LogP contribution < -0.4 is 5.73 Å². The van der Waals surface area contributed by atoms with Gasteiger partial charge in [-0.25, -0.2) is 18.4 Å². The lowest BCUT2D eigenvalue weighted by Crippen LogP contribution is -2.35. The van der Waals surface area contributed by atoms with E-state index < -0.39 is 27.6 Å². The maximum absolute atomic E-state index is 12.1. The number of nitrogen functional groups attached to an aromatic ring is 1. The second-order valence-corrected chi connectivity index (χ2v) is 5.20. The Morgan fingerprint density at radius 1 is 1.35 bits per heavy atom. The highest BCUT2D eigenvalue weighted by molar-refractivity contribution is 7.89. The van der Waals surface area contributed by atoms with Gasteiger partial charge >= 0.3 is 6.18 Å². The molecular formula is C7H9F3N4O2S. The lowest BCUT2D eigenvalue weighted by atomic mass is 10.6. The van der Waals surface area contributed by atoms with Crippen molar-refractivity contribution in [2.24, 2.45) is 0 Å². The zero-order valence-corrected chi connectivity index (χ0v) is 9.46. The topological polar surface area (TPSA) is 89.2 Å². The Balaban J connectivity index is 2.99. The molecule has 10 heteroatoms. The molecule has 1 aromatic heterocycles. The van der Waals surface area contributed by atoms with E-state index in [1.54, 1.807) is 0 Å². The predicted octanol–water partition coefficient (Wildman–Crippen LogP) is 0.242. The Bertz CT molecular complexity index is 485. The number of nitrogens with zero attached hydrogens (tertiary/aromatic N) is 3. The molecule has 0 aliphatic carbocycles. The third-order valence-corrected chi connectivity index (χ3v) is 3.51. The van der Waals surface area contributed by atoms with Gasteiger partial charge in [-0.15, -0.1) is 0 Å². The molecule has 0 radical (unpaired) electrons. The Labute approximate surface area is 95.3 Å². The zero-order chi connectivity index (χ0) is 13.3. The number of rotatable bonds is 3. The summed E-state index contributed by atoms with van der Waals surface area (Å²) in [4.78, 5) is 6.36. The maximum Gasteiger partial charge on any atom is 0.402 e. The number of nitrogens with two attached hydrogens (primary N) is 1. The minimum Gasteiger partial charge on any atom is -0.368 e. The van der Waals surface area contributed by atoms with Crippen LogP contribution in [0.25, 0.3) is 0 Å². The summed E-state index contributed by atoms with van der Waals surface area (Å²) in [6.07, 6.45) is -2.91. The Kier molecular flexibility index (Phi) is 3.57. The molecule has 96 valence electrons. The summed E-state index contributed by atoms with van der Waals surface area (Å²) in [7, 11) is -3.44. The van der Waals surface area contributed by atoms with Crippen LogP contribution in [0.4, 0.5) is 19.1 Å². The molecule has 0 amide bonds. The van der Waals surface area contributed by atoms with Gasteiger partial charge in [0.15, 0.2) is 0 Å². The van der Waals surface area contributed by atoms with Crippen molar-refractivity contribution in [3.8, 4) is 0 Å². The van der Waals surface area contributed by atoms with Crippen molar-refractivity contribution in [2.45, 2.75) is 11.1 Å². The van der Waals surface area contributed by atoms with Crippen LogP contribution in [0, 0.1) is 0 Å². The molecule has 0 atom stereocenters. The van der Waals surface area contributed by atoms with Crippen LogP contribution >= 0.6 is 0 Å². The van der Waals surface area contributed by atoms with Crippen LogP contribution in [-0.4, -0.2) is 42.5 Å². The molecule has 0 unspecified atom stereocenters. The average molecular weight is 270 g/mol. The summed E-state index contributed by atoms with van der Waals surface area (Å²) in [5.74, 6) is -0.164. The first kappa shape index (κ1) is 13.6. The van der Waals surface area contributed by atoms with Crippen molar-refractivity contribution in [3.05, 3.63) is 12.4 Å². The summed E-state index contributed by atoms with van der Waals surface area (Å²) in [5.41, 5.74) is 5.14. The standard InChI is InChI=1S/C7H9F3N4O2S/c1-14(4-7(8,9)10)17(15,16)5-2-12-6(11)13-3-5/h2-3H,4H2,1H3,(H2,11,12,13). The zero-order valence-electron chi connectivity index (χ0n) is 8.64. The fourth-order valence-corrected chi connectivity index (χ4v) is 2.02. The molecule has 0 bridgehead atoms. The van der Waals surface area contributed by atoms with Crippen LogP contribution in [-0.2, 0) is 10.0 Å². The summed E-state index contributed by atoms with van der Waals surface area (Å²) in [5, 5.41) is 0. The molecule has 1 aromatic rings. The van der Waals surface area contributed by atoms with Gasteiger partial charge in [0.2, 0.25) is 16.0 Å². The molecule has 6 nitrogen and oxygen atoms in total. The Morgan fingerprint density at radius 3 is 2.24 bits per heavy atom. The first-order valence-electron chi connectivity index (χ1n) is 4.23. The third-order valence-electron chi connectivity index (χ3n) is 1.76. The number of hydrogen-bond acceptors (Lipinski definition) is 5. The number of hydrogen-bond donors (Lipinski definition) is 1. The first-order valence-corrected chi connectivity index (χ1v) is 5.67. The molecule has 0 saturated heterocycles. The summed E-state index contributed by atoms with van der Waals surface area (Å²) in [6, 6.07) is 0. The maximum atomic E-state index is 12.1. The van der Waals surface area contributed by atoms with E-state index in [9.17, 15) is 21.6 Å². The number of halogens is 3. The highest BCUT2D eigenvalue weighted by atomic mass is 32.2. The van der Waals surface area contributed by atoms with Crippen molar-refractivity contribution in [1.29, 1.82) is 0 Å². The van der Waals surface area contributed by atoms with E-state index >= 15 is 0 Å². The Morgan fingerprint density at radius 2 is 1.82 bits per heavy atom. The number of anilines is 1. The minimum absolute atomic E-state index is 0.164. The van der Waals surface area contributed by atoms with Crippen molar-refractivity contribution < 1.29 is 21.6 Å². The monoisotopic (exact) mass is 270 g/mol. The molecule has 0 saturated carbocycles. The fraction of sp³-hybridized carbons (Fsp3) is 0.429. The van der Waals surface area contributed by atoms with E-state index in [0.717, 1.165) is 19.4 Å². The number of alkyl halides is 3. The lowest BCUT2D eigenvalue weighted by Gasteiger charge is -2.18. The fourth-order valence-electron chi connectivity index (χ4n) is 0.977. The van der Waals surface area contributed by atoms with Gasteiger partial charge in [-0.3, -0.25) is 0 Å². The van der Waals surface area contributed by atoms with Gasteiger partial charge in [0.05, 0.1) is 12.4 Å². The van der Waals surface area contributed by atoms with Gasteiger partial charge in [-0.1, -0.05) is 0 Å². The van der Waals surface area contributed by atoms with Crippen molar-refractivity contribution in [2.75, 3.05) is 19.3 Å². The smallest absolute Gasteiger partial charge is 0.368 e. The van der Waals surface area contributed by atoms with Crippen LogP contribution in [0.15, 0.2) is 17.3 Å². The van der Waals surface area contributed by atoms with Crippen LogP contribution in [0.3, 0.4) is 0 Å². The van der Waals surface area contributed by atoms with Crippen LogP contribution in [0.5, 0.6) is 0 Å². The van der Waals surface area contributed by atoms with Crippen LogP contribution in [0.2, 0.25) is 0 Å². The van der Waals surface area contributed by atoms with Gasteiger partial charge in [-0.05, 0) is 0 Å². The van der Waals surface area contributed by atoms with E-state index in [4.69, 9.17) is 5.73 Å². The van der Waals surface area contributed by atoms with Crippen LogP contribution in [0.1, 0.15) is 0 Å². The lowest BCUT2D eigenvalue weighted by molar-refractivity contribution is -0.134. The van der Waals surface area contributed by atoms with E-state index in [2.05, 4.69) is 9.97 Å². The van der Waals surface area contributed by atoms with E-state index in [-0.39, 0.29) is 10.3 Å². The number of aromatic nitrogens is 2. The molecule has 0 aromatic carbocycles. The van der Waals surface area contributed by atoms with Crippen molar-refractivity contribution in [3.63, 3.8) is 0 Å². The van der Waals surface area contributed by atoms with Crippen molar-refractivity contribution in [1.82, 2.24) is 14.3 Å². The number of sulfonamides is 1. The quantitative estimate of drug-likeness (QED) is 0.850. The van der Waals surface area contributed by atoms with Gasteiger partial charge in [0, 0.05) is 7.05 Å². The molecule has 0 aliphatic rings. The molecule has 0 fully saturated rings. The molecule has 17 heavy (non-hydrogen) atoms. The predicted molar refractivity (Wildman–Crippen MR) is 52.3 cm³/mol. The van der Waals surface area contributed by atoms with Crippen molar-refractivity contribution >= 4 is 16.0 Å². The van der Waals surface area contributed by atoms with E-state index in [1.165, 1.54) is 0 Å². The Hall–Kier alpha value is -1.42. The van der Waals surface area contributed by atoms with Gasteiger partial charge in [0.25, 0.3) is 0 Å². The molecule has 0 spiro atoms. The summed E-state index contributed by atoms with van der Waals surface area (Å²) < 4.78 is 59.6. The van der Waals surface area contributed by atoms with Gasteiger partial charge in [0.1, 0.15) is 11.4 Å². The van der Waals surface area contributed by atoms with Gasteiger partial charge in [-0.2, -0.15) is 17.5 Å². The molecule has 1 rings (SSSR count).